The van der Waals surface area contributed by atoms with Crippen molar-refractivity contribution in [1.29, 1.82) is 0 Å². The number of carbonyl (C=O) groups excluding carboxylic acids is 1. The van der Waals surface area contributed by atoms with Gasteiger partial charge in [-0.3, -0.25) is 4.90 Å². The van der Waals surface area contributed by atoms with Crippen LogP contribution in [0.15, 0.2) is 42.6 Å². The molecular formula is C23H23FN8O3. The number of nitrogen functional groups attached to an aromatic ring is 1. The van der Waals surface area contributed by atoms with Gasteiger partial charge in [-0.15, -0.1) is 0 Å². The first-order chi connectivity index (χ1) is 17.1. The quantitative estimate of drug-likeness (QED) is 0.401. The van der Waals surface area contributed by atoms with Crippen molar-refractivity contribution in [3.05, 3.63) is 54.0 Å². The Labute approximate surface area is 199 Å². The van der Waals surface area contributed by atoms with Gasteiger partial charge in [0.1, 0.15) is 23.8 Å². The van der Waals surface area contributed by atoms with E-state index >= 15 is 0 Å². The summed E-state index contributed by atoms with van der Waals surface area (Å²) in [7, 11) is 1.53. The van der Waals surface area contributed by atoms with Crippen molar-refractivity contribution < 1.29 is 18.7 Å². The number of hydrogen-bond donors (Lipinski definition) is 2. The lowest BCUT2D eigenvalue weighted by atomic mass is 10.2. The van der Waals surface area contributed by atoms with E-state index in [0.717, 1.165) is 0 Å². The van der Waals surface area contributed by atoms with Crippen molar-refractivity contribution in [3.63, 3.8) is 0 Å². The Hall–Kier alpha value is -4.32. The molecule has 0 spiro atoms. The summed E-state index contributed by atoms with van der Waals surface area (Å²) in [5.41, 5.74) is 8.11. The molecule has 0 atom stereocenters. The number of halogens is 1. The lowest BCUT2D eigenvalue weighted by Crippen LogP contribution is -2.40. The molecule has 0 unspecified atom stereocenters. The van der Waals surface area contributed by atoms with Crippen molar-refractivity contribution in [2.75, 3.05) is 49.4 Å². The molecule has 3 aromatic heterocycles. The lowest BCUT2D eigenvalue weighted by molar-refractivity contribution is 0.103. The van der Waals surface area contributed by atoms with Crippen LogP contribution in [0.1, 0.15) is 5.56 Å². The molecule has 11 nitrogen and oxygen atoms in total. The summed E-state index contributed by atoms with van der Waals surface area (Å²) < 4.78 is 26.1. The molecule has 4 heterocycles. The van der Waals surface area contributed by atoms with Gasteiger partial charge in [0, 0.05) is 32.0 Å². The molecule has 1 aromatic carbocycles. The first kappa shape index (κ1) is 22.5. The van der Waals surface area contributed by atoms with E-state index < -0.39 is 6.09 Å². The maximum Gasteiger partial charge on any atom is 0.414 e. The molecule has 0 saturated heterocycles. The second-order valence-corrected chi connectivity index (χ2v) is 7.79. The third-order valence-electron chi connectivity index (χ3n) is 5.54. The number of nitrogens with one attached hydrogen (secondary N) is 1. The van der Waals surface area contributed by atoms with Crippen LogP contribution in [-0.4, -0.2) is 64.2 Å². The Morgan fingerprint density at radius 2 is 2.06 bits per heavy atom. The highest BCUT2D eigenvalue weighted by molar-refractivity contribution is 5.97. The van der Waals surface area contributed by atoms with Gasteiger partial charge in [-0.1, -0.05) is 18.2 Å². The highest BCUT2D eigenvalue weighted by atomic mass is 19.1. The monoisotopic (exact) mass is 478 g/mol. The number of anilines is 3. The zero-order valence-electron chi connectivity index (χ0n) is 18.9. The Bertz CT molecular complexity index is 1390. The predicted molar refractivity (Wildman–Crippen MR) is 128 cm³/mol. The van der Waals surface area contributed by atoms with Crippen LogP contribution in [0.2, 0.25) is 0 Å². The van der Waals surface area contributed by atoms with Crippen LogP contribution in [0.4, 0.5) is 26.5 Å². The summed E-state index contributed by atoms with van der Waals surface area (Å²) in [6.07, 6.45) is 1.08. The van der Waals surface area contributed by atoms with Crippen molar-refractivity contribution in [3.8, 4) is 11.5 Å². The zero-order chi connectivity index (χ0) is 24.4. The Morgan fingerprint density at radius 3 is 2.89 bits per heavy atom. The maximum absolute atomic E-state index is 14.3. The highest BCUT2D eigenvalue weighted by Gasteiger charge is 2.29. The number of ether oxygens (including phenoxy) is 2. The number of hydrogen-bond acceptors (Lipinski definition) is 9. The molecule has 1 amide bonds. The summed E-state index contributed by atoms with van der Waals surface area (Å²) in [5, 5.41) is 8.50. The topological polar surface area (TPSA) is 133 Å². The van der Waals surface area contributed by atoms with Crippen molar-refractivity contribution >= 4 is 34.4 Å². The second kappa shape index (κ2) is 9.50. The summed E-state index contributed by atoms with van der Waals surface area (Å²) >= 11 is 0. The largest absolute Gasteiger partial charge is 0.447 e. The van der Waals surface area contributed by atoms with E-state index in [4.69, 9.17) is 15.2 Å². The Kier molecular flexibility index (Phi) is 6.10. The van der Waals surface area contributed by atoms with Gasteiger partial charge in [-0.25, -0.2) is 28.8 Å². The van der Waals surface area contributed by atoms with E-state index in [-0.39, 0.29) is 37.2 Å². The molecule has 0 radical (unpaired) electrons. The van der Waals surface area contributed by atoms with Crippen LogP contribution in [0, 0.1) is 5.82 Å². The average Bonchev–Trinajstić information content (AvgIpc) is 3.23. The first-order valence-corrected chi connectivity index (χ1v) is 11.0. The van der Waals surface area contributed by atoms with Gasteiger partial charge >= 0.3 is 6.09 Å². The molecule has 5 rings (SSSR count). The van der Waals surface area contributed by atoms with Gasteiger partial charge in [0.15, 0.2) is 23.1 Å². The first-order valence-electron chi connectivity index (χ1n) is 11.0. The number of amides is 1. The fourth-order valence-electron chi connectivity index (χ4n) is 3.91. The van der Waals surface area contributed by atoms with Gasteiger partial charge in [0.25, 0.3) is 0 Å². The standard InChI is InChI=1S/C23H23FN8O3/c1-34-11-12-35-23(33)31-10-9-26-21-18(31)19(25)28-20(29-21)17-15-6-4-8-27-22(15)32(30-17)13-14-5-2-3-7-16(14)24/h2-8H,9-13H2,1H3,(H3,25,26,28,29). The van der Waals surface area contributed by atoms with Crippen LogP contribution >= 0.6 is 0 Å². The summed E-state index contributed by atoms with van der Waals surface area (Å²) in [6, 6.07) is 10.1. The number of benzene rings is 1. The minimum atomic E-state index is -0.559. The normalized spacial score (nSPS) is 12.9. The van der Waals surface area contributed by atoms with E-state index in [9.17, 15) is 9.18 Å². The molecule has 0 bridgehead atoms. The maximum atomic E-state index is 14.3. The van der Waals surface area contributed by atoms with E-state index in [1.165, 1.54) is 18.1 Å². The van der Waals surface area contributed by atoms with Crippen LogP contribution in [-0.2, 0) is 16.0 Å². The fraction of sp³-hybridized carbons (Fsp3) is 0.261. The number of methoxy groups -OCH3 is 1. The summed E-state index contributed by atoms with van der Waals surface area (Å²) in [5.74, 6) is 0.419. The smallest absolute Gasteiger partial charge is 0.414 e. The highest BCUT2D eigenvalue weighted by Crippen LogP contribution is 2.36. The molecule has 12 heteroatoms. The van der Waals surface area contributed by atoms with Crippen molar-refractivity contribution in [2.45, 2.75) is 6.54 Å². The minimum Gasteiger partial charge on any atom is -0.447 e. The number of nitrogens with zero attached hydrogens (tertiary/aromatic N) is 6. The summed E-state index contributed by atoms with van der Waals surface area (Å²) in [4.78, 5) is 27.5. The van der Waals surface area contributed by atoms with Crippen molar-refractivity contribution in [1.82, 2.24) is 24.7 Å². The number of aromatic nitrogens is 5. The number of pyridine rings is 1. The molecule has 1 aliphatic rings. The van der Waals surface area contributed by atoms with Gasteiger partial charge in [0.2, 0.25) is 0 Å². The summed E-state index contributed by atoms with van der Waals surface area (Å²) in [6.45, 7) is 1.38. The Morgan fingerprint density at radius 1 is 1.20 bits per heavy atom. The van der Waals surface area contributed by atoms with Gasteiger partial charge < -0.3 is 20.5 Å². The number of nitrogens with two attached hydrogens (primary N) is 1. The minimum absolute atomic E-state index is 0.0987. The molecule has 4 aromatic rings. The van der Waals surface area contributed by atoms with E-state index in [2.05, 4.69) is 25.4 Å². The van der Waals surface area contributed by atoms with Crippen LogP contribution in [0.25, 0.3) is 22.6 Å². The molecular weight excluding hydrogens is 455 g/mol. The van der Waals surface area contributed by atoms with Crippen LogP contribution in [0.5, 0.6) is 0 Å². The number of fused-ring (bicyclic) bond motifs is 2. The zero-order valence-corrected chi connectivity index (χ0v) is 18.9. The van der Waals surface area contributed by atoms with E-state index in [1.54, 1.807) is 35.1 Å². The average molecular weight is 478 g/mol. The van der Waals surface area contributed by atoms with Gasteiger partial charge in [-0.05, 0) is 18.2 Å². The number of carbonyl (C=O) groups is 1. The fourth-order valence-corrected chi connectivity index (χ4v) is 3.91. The van der Waals surface area contributed by atoms with E-state index in [1.807, 2.05) is 6.07 Å². The second-order valence-electron chi connectivity index (χ2n) is 7.79. The molecule has 0 fully saturated rings. The third-order valence-corrected chi connectivity index (χ3v) is 5.54. The predicted octanol–water partition coefficient (Wildman–Crippen LogP) is 2.67. The molecule has 3 N–H and O–H groups in total. The third kappa shape index (κ3) is 4.30. The SMILES string of the molecule is COCCOC(=O)N1CCNc2nc(-c3nn(Cc4ccccc4F)c4ncccc34)nc(N)c21. The Balaban J connectivity index is 1.53. The lowest BCUT2D eigenvalue weighted by Gasteiger charge is -2.29. The molecule has 180 valence electrons. The number of rotatable bonds is 6. The van der Waals surface area contributed by atoms with Crippen LogP contribution in [0.3, 0.4) is 0 Å². The molecule has 0 aliphatic carbocycles. The molecule has 0 saturated carbocycles. The van der Waals surface area contributed by atoms with Gasteiger partial charge in [0.05, 0.1) is 18.5 Å². The van der Waals surface area contributed by atoms with Crippen molar-refractivity contribution in [2.24, 2.45) is 0 Å². The molecule has 35 heavy (non-hydrogen) atoms. The molecule has 1 aliphatic heterocycles. The van der Waals surface area contributed by atoms with E-state index in [0.29, 0.717) is 46.9 Å². The van der Waals surface area contributed by atoms with Crippen LogP contribution < -0.4 is 16.0 Å². The van der Waals surface area contributed by atoms with Gasteiger partial charge in [-0.2, -0.15) is 5.10 Å².